The lowest BCUT2D eigenvalue weighted by Gasteiger charge is -2.13. The molecule has 0 saturated heterocycles. The molecule has 4 N–H and O–H groups in total. The van der Waals surface area contributed by atoms with Crippen molar-refractivity contribution in [2.24, 2.45) is 0 Å². The maximum Gasteiger partial charge on any atom is 0.330 e. The Hall–Kier alpha value is -1.76. The zero-order valence-electron chi connectivity index (χ0n) is 11.5. The topological polar surface area (TPSA) is 102 Å². The van der Waals surface area contributed by atoms with Crippen LogP contribution >= 0.6 is 0 Å². The normalized spacial score (nSPS) is 10.6. The van der Waals surface area contributed by atoms with E-state index in [9.17, 15) is 9.59 Å². The Bertz CT molecular complexity index is 507. The molecule has 0 aromatic carbocycles. The number of aromatic nitrogens is 2. The zero-order valence-corrected chi connectivity index (χ0v) is 11.5. The molecular weight excluding hydrogens is 248 g/mol. The van der Waals surface area contributed by atoms with E-state index in [1.54, 1.807) is 0 Å². The minimum Gasteiger partial charge on any atom is -0.383 e. The average Bonchev–Trinajstić information content (AvgIpc) is 2.37. The largest absolute Gasteiger partial charge is 0.383 e. The molecule has 0 atom stereocenters. The van der Waals surface area contributed by atoms with Gasteiger partial charge in [-0.15, -0.1) is 0 Å². The lowest BCUT2D eigenvalue weighted by atomic mass is 10.3. The number of nitrogens with zero attached hydrogens (tertiary/aromatic N) is 1. The SMILES string of the molecule is CCCn1c(N)c(NCCCOCC)c(=O)[nH]c1=O. The van der Waals surface area contributed by atoms with Gasteiger partial charge in [-0.25, -0.2) is 4.79 Å². The molecule has 1 rings (SSSR count). The number of hydrogen-bond acceptors (Lipinski definition) is 5. The summed E-state index contributed by atoms with van der Waals surface area (Å²) in [5, 5.41) is 2.96. The number of nitrogens with one attached hydrogen (secondary N) is 2. The number of hydrogen-bond donors (Lipinski definition) is 3. The summed E-state index contributed by atoms with van der Waals surface area (Å²) in [6, 6.07) is 0. The third kappa shape index (κ3) is 4.13. The first-order valence-electron chi connectivity index (χ1n) is 6.56. The van der Waals surface area contributed by atoms with E-state index in [1.807, 2.05) is 13.8 Å². The van der Waals surface area contributed by atoms with Gasteiger partial charge in [0.05, 0.1) is 0 Å². The highest BCUT2D eigenvalue weighted by atomic mass is 16.5. The summed E-state index contributed by atoms with van der Waals surface area (Å²) < 4.78 is 6.57. The zero-order chi connectivity index (χ0) is 14.3. The minimum atomic E-state index is -0.480. The summed E-state index contributed by atoms with van der Waals surface area (Å²) in [5.41, 5.74) is 5.17. The quantitative estimate of drug-likeness (QED) is 0.592. The van der Waals surface area contributed by atoms with Gasteiger partial charge in [0.15, 0.2) is 0 Å². The predicted octanol–water partition coefficient (Wildman–Crippen LogP) is 0.367. The van der Waals surface area contributed by atoms with Crippen LogP contribution in [0, 0.1) is 0 Å². The second-order valence-electron chi connectivity index (χ2n) is 4.15. The number of ether oxygens (including phenoxy) is 1. The number of nitrogen functional groups attached to an aromatic ring is 1. The molecule has 0 aliphatic heterocycles. The van der Waals surface area contributed by atoms with E-state index in [0.29, 0.717) is 26.3 Å². The Morgan fingerprint density at radius 1 is 1.37 bits per heavy atom. The van der Waals surface area contributed by atoms with Crippen LogP contribution < -0.4 is 22.3 Å². The maximum atomic E-state index is 11.7. The van der Waals surface area contributed by atoms with Crippen molar-refractivity contribution in [1.82, 2.24) is 9.55 Å². The lowest BCUT2D eigenvalue weighted by Crippen LogP contribution is -2.34. The van der Waals surface area contributed by atoms with Crippen molar-refractivity contribution < 1.29 is 4.74 Å². The first-order valence-corrected chi connectivity index (χ1v) is 6.56. The fourth-order valence-corrected chi connectivity index (χ4v) is 1.74. The first-order chi connectivity index (χ1) is 9.11. The smallest absolute Gasteiger partial charge is 0.330 e. The molecule has 0 unspecified atom stereocenters. The summed E-state index contributed by atoms with van der Waals surface area (Å²) >= 11 is 0. The standard InChI is InChI=1S/C12H22N4O3/c1-3-7-16-10(13)9(11(17)15-12(16)18)14-6-5-8-19-4-2/h14H,3-8,13H2,1-2H3,(H,15,17,18). The van der Waals surface area contributed by atoms with E-state index < -0.39 is 11.2 Å². The summed E-state index contributed by atoms with van der Waals surface area (Å²) in [7, 11) is 0. The van der Waals surface area contributed by atoms with E-state index in [0.717, 1.165) is 12.8 Å². The maximum absolute atomic E-state index is 11.7. The Morgan fingerprint density at radius 2 is 2.11 bits per heavy atom. The Kier molecular flexibility index (Phi) is 6.14. The van der Waals surface area contributed by atoms with E-state index in [2.05, 4.69) is 10.3 Å². The molecule has 0 fully saturated rings. The van der Waals surface area contributed by atoms with Crippen LogP contribution in [0.25, 0.3) is 0 Å². The highest BCUT2D eigenvalue weighted by Gasteiger charge is 2.10. The Morgan fingerprint density at radius 3 is 2.74 bits per heavy atom. The number of anilines is 2. The molecule has 108 valence electrons. The van der Waals surface area contributed by atoms with Crippen LogP contribution in [0.15, 0.2) is 9.59 Å². The summed E-state index contributed by atoms with van der Waals surface area (Å²) in [6.07, 6.45) is 1.53. The van der Waals surface area contributed by atoms with Crippen LogP contribution in [0.3, 0.4) is 0 Å². The summed E-state index contributed by atoms with van der Waals surface area (Å²) in [4.78, 5) is 25.6. The van der Waals surface area contributed by atoms with Gasteiger partial charge in [0.1, 0.15) is 11.5 Å². The van der Waals surface area contributed by atoms with Crippen molar-refractivity contribution in [1.29, 1.82) is 0 Å². The van der Waals surface area contributed by atoms with Crippen molar-refractivity contribution >= 4 is 11.5 Å². The molecular formula is C12H22N4O3. The lowest BCUT2D eigenvalue weighted by molar-refractivity contribution is 0.147. The predicted molar refractivity (Wildman–Crippen MR) is 75.6 cm³/mol. The van der Waals surface area contributed by atoms with Gasteiger partial charge in [0.2, 0.25) is 0 Å². The van der Waals surface area contributed by atoms with Gasteiger partial charge in [0, 0.05) is 26.3 Å². The summed E-state index contributed by atoms with van der Waals surface area (Å²) in [6.45, 7) is 6.20. The van der Waals surface area contributed by atoms with Crippen LogP contribution in [0.4, 0.5) is 11.5 Å². The molecule has 1 aromatic heterocycles. The minimum absolute atomic E-state index is 0.187. The van der Waals surface area contributed by atoms with Gasteiger partial charge in [-0.2, -0.15) is 0 Å². The molecule has 0 aliphatic carbocycles. The molecule has 7 nitrogen and oxygen atoms in total. The fourth-order valence-electron chi connectivity index (χ4n) is 1.74. The molecule has 0 spiro atoms. The molecule has 0 saturated carbocycles. The van der Waals surface area contributed by atoms with Gasteiger partial charge in [-0.05, 0) is 19.8 Å². The van der Waals surface area contributed by atoms with E-state index in [4.69, 9.17) is 10.5 Å². The van der Waals surface area contributed by atoms with Gasteiger partial charge >= 0.3 is 5.69 Å². The molecule has 7 heteroatoms. The molecule has 0 aliphatic rings. The molecule has 1 aromatic rings. The fraction of sp³-hybridized carbons (Fsp3) is 0.667. The third-order valence-electron chi connectivity index (χ3n) is 2.66. The van der Waals surface area contributed by atoms with Crippen LogP contribution in [-0.4, -0.2) is 29.3 Å². The van der Waals surface area contributed by atoms with Gasteiger partial charge in [0.25, 0.3) is 5.56 Å². The van der Waals surface area contributed by atoms with Gasteiger partial charge < -0.3 is 15.8 Å². The van der Waals surface area contributed by atoms with Crippen LogP contribution in [-0.2, 0) is 11.3 Å². The number of H-pyrrole nitrogens is 1. The molecule has 19 heavy (non-hydrogen) atoms. The molecule has 0 amide bonds. The highest BCUT2D eigenvalue weighted by molar-refractivity contribution is 5.60. The summed E-state index contributed by atoms with van der Waals surface area (Å²) in [5.74, 6) is 0.187. The van der Waals surface area contributed by atoms with Crippen molar-refractivity contribution in [3.8, 4) is 0 Å². The van der Waals surface area contributed by atoms with Crippen molar-refractivity contribution in [3.63, 3.8) is 0 Å². The second-order valence-corrected chi connectivity index (χ2v) is 4.15. The van der Waals surface area contributed by atoms with Crippen molar-refractivity contribution in [2.75, 3.05) is 30.8 Å². The first kappa shape index (κ1) is 15.3. The molecule has 0 bridgehead atoms. The number of nitrogens with two attached hydrogens (primary N) is 1. The van der Waals surface area contributed by atoms with Crippen LogP contribution in [0.2, 0.25) is 0 Å². The number of rotatable bonds is 8. The molecule has 1 heterocycles. The van der Waals surface area contributed by atoms with Crippen LogP contribution in [0.5, 0.6) is 0 Å². The Labute approximate surface area is 111 Å². The Balaban J connectivity index is 2.80. The average molecular weight is 270 g/mol. The third-order valence-corrected chi connectivity index (χ3v) is 2.66. The van der Waals surface area contributed by atoms with Crippen molar-refractivity contribution in [2.45, 2.75) is 33.2 Å². The van der Waals surface area contributed by atoms with Gasteiger partial charge in [-0.3, -0.25) is 14.3 Å². The monoisotopic (exact) mass is 270 g/mol. The van der Waals surface area contributed by atoms with Gasteiger partial charge in [-0.1, -0.05) is 6.92 Å². The molecule has 0 radical (unpaired) electrons. The van der Waals surface area contributed by atoms with E-state index in [1.165, 1.54) is 4.57 Å². The van der Waals surface area contributed by atoms with E-state index >= 15 is 0 Å². The second kappa shape index (κ2) is 7.63. The number of aromatic amines is 1. The van der Waals surface area contributed by atoms with Crippen molar-refractivity contribution in [3.05, 3.63) is 20.8 Å². The highest BCUT2D eigenvalue weighted by Crippen LogP contribution is 2.10. The van der Waals surface area contributed by atoms with E-state index in [-0.39, 0.29) is 11.5 Å². The van der Waals surface area contributed by atoms with Crippen LogP contribution in [0.1, 0.15) is 26.7 Å².